The first-order valence-electron chi connectivity index (χ1n) is 8.36. The van der Waals surface area contributed by atoms with Gasteiger partial charge in [-0.1, -0.05) is 17.7 Å². The number of benzene rings is 2. The van der Waals surface area contributed by atoms with Gasteiger partial charge in [-0.15, -0.1) is 0 Å². The summed E-state index contributed by atoms with van der Waals surface area (Å²) in [4.78, 5) is 24.3. The van der Waals surface area contributed by atoms with Crippen LogP contribution in [0.3, 0.4) is 0 Å². The second-order valence-electron chi connectivity index (χ2n) is 5.99. The van der Waals surface area contributed by atoms with Gasteiger partial charge < -0.3 is 20.4 Å². The summed E-state index contributed by atoms with van der Waals surface area (Å²) in [6.45, 7) is 1.54. The number of amides is 2. The summed E-state index contributed by atoms with van der Waals surface area (Å²) in [6, 6.07) is 12.4. The lowest BCUT2D eigenvalue weighted by atomic mass is 10.2. The van der Waals surface area contributed by atoms with E-state index in [1.807, 2.05) is 0 Å². The van der Waals surface area contributed by atoms with Gasteiger partial charge in [-0.25, -0.2) is 4.39 Å². The molecule has 1 heterocycles. The summed E-state index contributed by atoms with van der Waals surface area (Å²) < 4.78 is 18.6. The van der Waals surface area contributed by atoms with Gasteiger partial charge in [0.25, 0.3) is 5.91 Å². The molecule has 28 heavy (non-hydrogen) atoms. The van der Waals surface area contributed by atoms with Gasteiger partial charge in [0.2, 0.25) is 5.91 Å². The molecular weight excluding hydrogens is 385 g/mol. The second kappa shape index (κ2) is 8.58. The summed E-state index contributed by atoms with van der Waals surface area (Å²) in [5, 5.41) is 8.63. The lowest BCUT2D eigenvalue weighted by Crippen LogP contribution is -2.22. The molecule has 0 bridgehead atoms. The Bertz CT molecular complexity index is 1010. The molecule has 0 unspecified atom stereocenters. The number of nitrogens with one attached hydrogen (secondary N) is 3. The zero-order valence-electron chi connectivity index (χ0n) is 14.9. The maximum atomic E-state index is 13.6. The maximum absolute atomic E-state index is 13.6. The Hall–Kier alpha value is -3.32. The fourth-order valence-electron chi connectivity index (χ4n) is 2.42. The highest BCUT2D eigenvalue weighted by Crippen LogP contribution is 2.26. The van der Waals surface area contributed by atoms with Crippen molar-refractivity contribution in [2.45, 2.75) is 6.92 Å². The van der Waals surface area contributed by atoms with E-state index in [0.29, 0.717) is 27.6 Å². The van der Waals surface area contributed by atoms with Gasteiger partial charge in [0.15, 0.2) is 5.76 Å². The van der Waals surface area contributed by atoms with Crippen LogP contribution in [-0.2, 0) is 4.79 Å². The minimum atomic E-state index is -0.449. The topological polar surface area (TPSA) is 83.4 Å². The highest BCUT2D eigenvalue weighted by Gasteiger charge is 2.13. The van der Waals surface area contributed by atoms with Crippen LogP contribution in [0.2, 0.25) is 5.02 Å². The summed E-state index contributed by atoms with van der Waals surface area (Å²) in [5.74, 6) is -1.08. The molecule has 0 aliphatic heterocycles. The smallest absolute Gasteiger partial charge is 0.291 e. The number of carbonyl (C=O) groups excluding carboxylic acids is 2. The fraction of sp³-hybridized carbons (Fsp3) is 0.100. The number of furan rings is 1. The number of halogens is 2. The third-order valence-electron chi connectivity index (χ3n) is 3.87. The van der Waals surface area contributed by atoms with Crippen molar-refractivity contribution in [2.75, 3.05) is 22.5 Å². The molecule has 0 atom stereocenters. The molecule has 0 saturated carbocycles. The first kappa shape index (κ1) is 19.4. The predicted molar refractivity (Wildman–Crippen MR) is 106 cm³/mol. The largest absolute Gasteiger partial charge is 0.459 e. The third-order valence-corrected chi connectivity index (χ3v) is 4.10. The molecule has 8 heteroatoms. The van der Waals surface area contributed by atoms with E-state index in [0.717, 1.165) is 0 Å². The SMILES string of the molecule is Cc1ccc(NC(=O)CNc2ccc(Cl)cc2NC(=O)c2ccco2)cc1F. The summed E-state index contributed by atoms with van der Waals surface area (Å²) in [5.41, 5.74) is 1.74. The predicted octanol–water partition coefficient (Wildman–Crippen LogP) is 4.68. The van der Waals surface area contributed by atoms with Crippen LogP contribution in [0, 0.1) is 12.7 Å². The zero-order valence-corrected chi connectivity index (χ0v) is 15.6. The number of aryl methyl sites for hydroxylation is 1. The van der Waals surface area contributed by atoms with Crippen molar-refractivity contribution >= 4 is 40.5 Å². The van der Waals surface area contributed by atoms with E-state index in [-0.39, 0.29) is 18.2 Å². The molecule has 0 aliphatic rings. The van der Waals surface area contributed by atoms with E-state index in [4.69, 9.17) is 16.0 Å². The minimum Gasteiger partial charge on any atom is -0.459 e. The monoisotopic (exact) mass is 401 g/mol. The molecule has 0 fully saturated rings. The van der Waals surface area contributed by atoms with Gasteiger partial charge in [-0.2, -0.15) is 0 Å². The summed E-state index contributed by atoms with van der Waals surface area (Å²) in [7, 11) is 0. The van der Waals surface area contributed by atoms with Crippen LogP contribution in [0.1, 0.15) is 16.1 Å². The Morgan fingerprint density at radius 1 is 1.07 bits per heavy atom. The number of carbonyl (C=O) groups is 2. The van der Waals surface area contributed by atoms with E-state index >= 15 is 0 Å². The van der Waals surface area contributed by atoms with Crippen LogP contribution in [0.15, 0.2) is 59.2 Å². The average Bonchev–Trinajstić information content (AvgIpc) is 3.19. The van der Waals surface area contributed by atoms with Crippen molar-refractivity contribution in [1.29, 1.82) is 0 Å². The molecule has 6 nitrogen and oxygen atoms in total. The molecule has 0 aliphatic carbocycles. The highest BCUT2D eigenvalue weighted by molar-refractivity contribution is 6.31. The zero-order chi connectivity index (χ0) is 20.1. The van der Waals surface area contributed by atoms with Crippen LogP contribution in [0.25, 0.3) is 0 Å². The standard InChI is InChI=1S/C20H17ClFN3O3/c1-12-4-6-14(10-15(12)22)24-19(26)11-23-16-7-5-13(21)9-17(16)25-20(27)18-3-2-8-28-18/h2-10,23H,11H2,1H3,(H,24,26)(H,25,27). The van der Waals surface area contributed by atoms with E-state index in [1.165, 1.54) is 18.4 Å². The van der Waals surface area contributed by atoms with Crippen LogP contribution in [0.5, 0.6) is 0 Å². The van der Waals surface area contributed by atoms with E-state index in [9.17, 15) is 14.0 Å². The normalized spacial score (nSPS) is 10.4. The van der Waals surface area contributed by atoms with Gasteiger partial charge in [0, 0.05) is 10.7 Å². The lowest BCUT2D eigenvalue weighted by molar-refractivity contribution is -0.114. The Morgan fingerprint density at radius 2 is 1.89 bits per heavy atom. The van der Waals surface area contributed by atoms with Crippen LogP contribution >= 0.6 is 11.6 Å². The Kier molecular flexibility index (Phi) is 5.96. The minimum absolute atomic E-state index is 0.0965. The molecule has 3 aromatic rings. The molecule has 2 amide bonds. The number of rotatable bonds is 6. The lowest BCUT2D eigenvalue weighted by Gasteiger charge is -2.13. The van der Waals surface area contributed by atoms with E-state index in [1.54, 1.807) is 43.3 Å². The molecule has 1 aromatic heterocycles. The maximum Gasteiger partial charge on any atom is 0.291 e. The van der Waals surface area contributed by atoms with Gasteiger partial charge in [0.1, 0.15) is 5.82 Å². The van der Waals surface area contributed by atoms with E-state index in [2.05, 4.69) is 16.0 Å². The van der Waals surface area contributed by atoms with Crippen molar-refractivity contribution in [3.05, 3.63) is 77.0 Å². The quantitative estimate of drug-likeness (QED) is 0.559. The van der Waals surface area contributed by atoms with Crippen LogP contribution in [0.4, 0.5) is 21.5 Å². The van der Waals surface area contributed by atoms with Crippen molar-refractivity contribution in [1.82, 2.24) is 0 Å². The number of hydrogen-bond donors (Lipinski definition) is 3. The van der Waals surface area contributed by atoms with Gasteiger partial charge >= 0.3 is 0 Å². The van der Waals surface area contributed by atoms with Crippen LogP contribution < -0.4 is 16.0 Å². The highest BCUT2D eigenvalue weighted by atomic mass is 35.5. The fourth-order valence-corrected chi connectivity index (χ4v) is 2.59. The average molecular weight is 402 g/mol. The van der Waals surface area contributed by atoms with Crippen molar-refractivity contribution in [3.8, 4) is 0 Å². The van der Waals surface area contributed by atoms with Crippen LogP contribution in [-0.4, -0.2) is 18.4 Å². The van der Waals surface area contributed by atoms with Crippen molar-refractivity contribution in [3.63, 3.8) is 0 Å². The first-order chi connectivity index (χ1) is 13.4. The summed E-state index contributed by atoms with van der Waals surface area (Å²) >= 11 is 6.01. The summed E-state index contributed by atoms with van der Waals surface area (Å²) in [6.07, 6.45) is 1.39. The van der Waals surface area contributed by atoms with Gasteiger partial charge in [-0.3, -0.25) is 9.59 Å². The second-order valence-corrected chi connectivity index (χ2v) is 6.42. The Morgan fingerprint density at radius 3 is 2.61 bits per heavy atom. The molecule has 144 valence electrons. The van der Waals surface area contributed by atoms with Crippen molar-refractivity contribution in [2.24, 2.45) is 0 Å². The molecule has 0 radical (unpaired) electrons. The number of hydrogen-bond acceptors (Lipinski definition) is 4. The first-order valence-corrected chi connectivity index (χ1v) is 8.74. The molecule has 3 rings (SSSR count). The van der Waals surface area contributed by atoms with Gasteiger partial charge in [-0.05, 0) is 55.0 Å². The Labute approximate surface area is 165 Å². The molecule has 3 N–H and O–H groups in total. The third kappa shape index (κ3) is 4.89. The molecule has 0 saturated heterocycles. The van der Waals surface area contributed by atoms with Gasteiger partial charge in [0.05, 0.1) is 24.2 Å². The van der Waals surface area contributed by atoms with Crippen molar-refractivity contribution < 1.29 is 18.4 Å². The van der Waals surface area contributed by atoms with E-state index < -0.39 is 11.7 Å². The molecular formula is C20H17ClFN3O3. The molecule has 0 spiro atoms. The number of anilines is 3. The molecule has 2 aromatic carbocycles. The Balaban J connectivity index is 1.65.